The van der Waals surface area contributed by atoms with Gasteiger partial charge in [-0.15, -0.1) is 24.0 Å². The first-order valence-corrected chi connectivity index (χ1v) is 9.58. The number of hydrogen-bond donors (Lipinski definition) is 2. The molecule has 1 aliphatic rings. The summed E-state index contributed by atoms with van der Waals surface area (Å²) in [6.07, 6.45) is 0.141. The van der Waals surface area contributed by atoms with Crippen molar-refractivity contribution in [2.45, 2.75) is 39.5 Å². The van der Waals surface area contributed by atoms with Crippen molar-refractivity contribution in [2.75, 3.05) is 39.9 Å². The SMILES string of the molecule is CCNC(=NCc1ccc(C(=O)N2CC(C)OC(C)C2)cc1)NCCOC.I. The molecule has 2 atom stereocenters. The normalized spacial score (nSPS) is 19.7. The molecule has 0 aromatic heterocycles. The van der Waals surface area contributed by atoms with E-state index in [9.17, 15) is 4.79 Å². The number of guanidine groups is 1. The second-order valence-electron chi connectivity index (χ2n) is 6.78. The van der Waals surface area contributed by atoms with Gasteiger partial charge in [-0.05, 0) is 38.5 Å². The highest BCUT2D eigenvalue weighted by atomic mass is 127. The molecular formula is C20H33IN4O3. The number of carbonyl (C=O) groups excluding carboxylic acids is 1. The Morgan fingerprint density at radius 1 is 1.21 bits per heavy atom. The first-order valence-electron chi connectivity index (χ1n) is 9.58. The number of amides is 1. The minimum atomic E-state index is 0. The van der Waals surface area contributed by atoms with Gasteiger partial charge in [-0.1, -0.05) is 12.1 Å². The average Bonchev–Trinajstić information content (AvgIpc) is 2.65. The van der Waals surface area contributed by atoms with Gasteiger partial charge in [0, 0.05) is 38.9 Å². The van der Waals surface area contributed by atoms with Crippen molar-refractivity contribution in [2.24, 2.45) is 4.99 Å². The molecule has 1 aliphatic heterocycles. The van der Waals surface area contributed by atoms with Gasteiger partial charge < -0.3 is 25.0 Å². The first kappa shape index (κ1) is 24.6. The van der Waals surface area contributed by atoms with Crippen LogP contribution in [0.4, 0.5) is 0 Å². The zero-order chi connectivity index (χ0) is 19.6. The smallest absolute Gasteiger partial charge is 0.254 e. The third-order valence-electron chi connectivity index (χ3n) is 4.27. The summed E-state index contributed by atoms with van der Waals surface area (Å²) in [5.41, 5.74) is 1.76. The van der Waals surface area contributed by atoms with E-state index in [0.717, 1.165) is 18.1 Å². The monoisotopic (exact) mass is 504 g/mol. The van der Waals surface area contributed by atoms with Gasteiger partial charge in [0.1, 0.15) is 0 Å². The van der Waals surface area contributed by atoms with E-state index in [1.54, 1.807) is 7.11 Å². The molecule has 2 rings (SSSR count). The van der Waals surface area contributed by atoms with E-state index < -0.39 is 0 Å². The molecule has 1 saturated heterocycles. The van der Waals surface area contributed by atoms with Gasteiger partial charge in [0.25, 0.3) is 5.91 Å². The maximum absolute atomic E-state index is 12.7. The Labute approximate surface area is 185 Å². The lowest BCUT2D eigenvalue weighted by Gasteiger charge is -2.35. The van der Waals surface area contributed by atoms with E-state index in [1.807, 2.05) is 49.9 Å². The van der Waals surface area contributed by atoms with Crippen molar-refractivity contribution < 1.29 is 14.3 Å². The molecule has 0 spiro atoms. The van der Waals surface area contributed by atoms with Gasteiger partial charge in [-0.3, -0.25) is 4.79 Å². The average molecular weight is 504 g/mol. The highest BCUT2D eigenvalue weighted by Crippen LogP contribution is 2.15. The third kappa shape index (κ3) is 7.92. The second kappa shape index (κ2) is 12.9. The number of morpholine rings is 1. The highest BCUT2D eigenvalue weighted by Gasteiger charge is 2.26. The lowest BCUT2D eigenvalue weighted by Crippen LogP contribution is -2.48. The summed E-state index contributed by atoms with van der Waals surface area (Å²) < 4.78 is 10.7. The molecule has 28 heavy (non-hydrogen) atoms. The molecule has 1 aromatic rings. The Balaban J connectivity index is 0.00000392. The molecule has 8 heteroatoms. The standard InChI is InChI=1S/C20H32N4O3.HI/c1-5-21-20(22-10-11-26-4)23-12-17-6-8-18(9-7-17)19(25)24-13-15(2)27-16(3)14-24;/h6-9,15-16H,5,10-14H2,1-4H3,(H2,21,22,23);1H. The van der Waals surface area contributed by atoms with E-state index in [0.29, 0.717) is 38.3 Å². The van der Waals surface area contributed by atoms with Crippen molar-refractivity contribution in [1.82, 2.24) is 15.5 Å². The van der Waals surface area contributed by atoms with Crippen molar-refractivity contribution in [3.8, 4) is 0 Å². The number of nitrogens with zero attached hydrogens (tertiary/aromatic N) is 2. The molecule has 158 valence electrons. The summed E-state index contributed by atoms with van der Waals surface area (Å²) in [7, 11) is 1.67. The molecule has 0 saturated carbocycles. The molecule has 1 amide bonds. The molecule has 2 unspecified atom stereocenters. The fraction of sp³-hybridized carbons (Fsp3) is 0.600. The fourth-order valence-electron chi connectivity index (χ4n) is 3.06. The Hall–Kier alpha value is -1.39. The van der Waals surface area contributed by atoms with Crippen molar-refractivity contribution >= 4 is 35.8 Å². The van der Waals surface area contributed by atoms with E-state index in [2.05, 4.69) is 15.6 Å². The molecule has 7 nitrogen and oxygen atoms in total. The van der Waals surface area contributed by atoms with E-state index in [1.165, 1.54) is 0 Å². The molecule has 2 N–H and O–H groups in total. The number of hydrogen-bond acceptors (Lipinski definition) is 4. The molecule has 0 bridgehead atoms. The maximum Gasteiger partial charge on any atom is 0.254 e. The molecule has 1 heterocycles. The zero-order valence-electron chi connectivity index (χ0n) is 17.2. The number of nitrogens with one attached hydrogen (secondary N) is 2. The third-order valence-corrected chi connectivity index (χ3v) is 4.27. The van der Waals surface area contributed by atoms with Crippen molar-refractivity contribution in [3.05, 3.63) is 35.4 Å². The summed E-state index contributed by atoms with van der Waals surface area (Å²) in [5.74, 6) is 0.813. The van der Waals surface area contributed by atoms with Crippen LogP contribution in [0.25, 0.3) is 0 Å². The van der Waals surface area contributed by atoms with Crippen LogP contribution >= 0.6 is 24.0 Å². The number of methoxy groups -OCH3 is 1. The van der Waals surface area contributed by atoms with Crippen LogP contribution in [0.15, 0.2) is 29.3 Å². The van der Waals surface area contributed by atoms with Crippen molar-refractivity contribution in [3.63, 3.8) is 0 Å². The fourth-order valence-corrected chi connectivity index (χ4v) is 3.06. The summed E-state index contributed by atoms with van der Waals surface area (Å²) in [5, 5.41) is 6.42. The van der Waals surface area contributed by atoms with Crippen LogP contribution in [-0.2, 0) is 16.0 Å². The second-order valence-corrected chi connectivity index (χ2v) is 6.78. The van der Waals surface area contributed by atoms with Gasteiger partial charge in [-0.2, -0.15) is 0 Å². The van der Waals surface area contributed by atoms with Gasteiger partial charge in [0.05, 0.1) is 25.4 Å². The molecule has 1 aromatic carbocycles. The Morgan fingerprint density at radius 3 is 2.43 bits per heavy atom. The van der Waals surface area contributed by atoms with Gasteiger partial charge in [0.2, 0.25) is 0 Å². The van der Waals surface area contributed by atoms with Crippen LogP contribution in [0.1, 0.15) is 36.7 Å². The van der Waals surface area contributed by atoms with Crippen molar-refractivity contribution in [1.29, 1.82) is 0 Å². The number of rotatable bonds is 7. The van der Waals surface area contributed by atoms with Crippen LogP contribution in [-0.4, -0.2) is 68.9 Å². The van der Waals surface area contributed by atoms with E-state index >= 15 is 0 Å². The summed E-state index contributed by atoms with van der Waals surface area (Å²) >= 11 is 0. The summed E-state index contributed by atoms with van der Waals surface area (Å²) in [6, 6.07) is 7.68. The van der Waals surface area contributed by atoms with Crippen LogP contribution < -0.4 is 10.6 Å². The van der Waals surface area contributed by atoms with Crippen LogP contribution in [0.5, 0.6) is 0 Å². The van der Waals surface area contributed by atoms with E-state index in [-0.39, 0.29) is 42.1 Å². The Kier molecular flexibility index (Phi) is 11.4. The number of benzene rings is 1. The topological polar surface area (TPSA) is 75.2 Å². The Morgan fingerprint density at radius 2 is 1.86 bits per heavy atom. The van der Waals surface area contributed by atoms with Crippen LogP contribution in [0.2, 0.25) is 0 Å². The summed E-state index contributed by atoms with van der Waals surface area (Å²) in [4.78, 5) is 19.1. The minimum Gasteiger partial charge on any atom is -0.383 e. The molecular weight excluding hydrogens is 471 g/mol. The molecule has 0 aliphatic carbocycles. The van der Waals surface area contributed by atoms with E-state index in [4.69, 9.17) is 9.47 Å². The lowest BCUT2D eigenvalue weighted by atomic mass is 10.1. The quantitative estimate of drug-likeness (QED) is 0.258. The van der Waals surface area contributed by atoms with Crippen LogP contribution in [0.3, 0.4) is 0 Å². The number of carbonyl (C=O) groups is 1. The van der Waals surface area contributed by atoms with Gasteiger partial charge >= 0.3 is 0 Å². The predicted octanol–water partition coefficient (Wildman–Crippen LogP) is 2.26. The van der Waals surface area contributed by atoms with Gasteiger partial charge in [-0.25, -0.2) is 4.99 Å². The van der Waals surface area contributed by atoms with Crippen LogP contribution in [0, 0.1) is 0 Å². The number of aliphatic imine (C=N–C) groups is 1. The number of ether oxygens (including phenoxy) is 2. The highest BCUT2D eigenvalue weighted by molar-refractivity contribution is 14.0. The Bertz CT molecular complexity index is 614. The number of halogens is 1. The largest absolute Gasteiger partial charge is 0.383 e. The lowest BCUT2D eigenvalue weighted by molar-refractivity contribution is -0.0586. The van der Waals surface area contributed by atoms with Gasteiger partial charge in [0.15, 0.2) is 5.96 Å². The summed E-state index contributed by atoms with van der Waals surface area (Å²) in [6.45, 7) is 9.96. The predicted molar refractivity (Wildman–Crippen MR) is 122 cm³/mol. The first-order chi connectivity index (χ1) is 13.0. The molecule has 0 radical (unpaired) electrons. The maximum atomic E-state index is 12.7. The zero-order valence-corrected chi connectivity index (χ0v) is 19.6. The molecule has 1 fully saturated rings. The minimum absolute atomic E-state index is 0.